The van der Waals surface area contributed by atoms with E-state index in [1.807, 2.05) is 18.2 Å². The van der Waals surface area contributed by atoms with E-state index < -0.39 is 5.41 Å². The van der Waals surface area contributed by atoms with Crippen molar-refractivity contribution in [3.63, 3.8) is 0 Å². The summed E-state index contributed by atoms with van der Waals surface area (Å²) in [4.78, 5) is 31.3. The fourth-order valence-corrected chi connectivity index (χ4v) is 3.30. The van der Waals surface area contributed by atoms with Crippen molar-refractivity contribution >= 4 is 18.1 Å². The van der Waals surface area contributed by atoms with E-state index in [1.165, 1.54) is 0 Å². The predicted octanol–water partition coefficient (Wildman–Crippen LogP) is 3.12. The molecule has 0 radical (unpaired) electrons. The van der Waals surface area contributed by atoms with E-state index in [0.717, 1.165) is 12.8 Å². The SMILES string of the molecule is C=CCOC(=O)C1(CC/C=N/C)CCCN(C(=O)c2ccccc2)C1. The number of nitrogens with zero attached hydrogens (tertiary/aromatic N) is 2. The molecular weight excluding hydrogens is 316 g/mol. The maximum absolute atomic E-state index is 12.8. The number of carbonyl (C=O) groups is 2. The summed E-state index contributed by atoms with van der Waals surface area (Å²) in [6, 6.07) is 9.19. The third-order valence-corrected chi connectivity index (χ3v) is 4.58. The lowest BCUT2D eigenvalue weighted by Gasteiger charge is -2.41. The molecule has 1 unspecified atom stereocenters. The Labute approximate surface area is 149 Å². The molecule has 0 aromatic heterocycles. The van der Waals surface area contributed by atoms with Gasteiger partial charge in [0.1, 0.15) is 6.61 Å². The Morgan fingerprint density at radius 2 is 2.12 bits per heavy atom. The Morgan fingerprint density at radius 3 is 2.80 bits per heavy atom. The molecule has 2 rings (SSSR count). The Hall–Kier alpha value is -2.43. The number of hydrogen-bond acceptors (Lipinski definition) is 4. The van der Waals surface area contributed by atoms with Gasteiger partial charge >= 0.3 is 5.97 Å². The first-order valence-electron chi connectivity index (χ1n) is 8.66. The summed E-state index contributed by atoms with van der Waals surface area (Å²) < 4.78 is 5.36. The molecule has 1 aromatic rings. The van der Waals surface area contributed by atoms with Crippen LogP contribution in [0.15, 0.2) is 48.0 Å². The van der Waals surface area contributed by atoms with Crippen LogP contribution in [0, 0.1) is 5.41 Å². The number of esters is 1. The van der Waals surface area contributed by atoms with Gasteiger partial charge in [-0.2, -0.15) is 0 Å². The smallest absolute Gasteiger partial charge is 0.314 e. The molecule has 1 atom stereocenters. The summed E-state index contributed by atoms with van der Waals surface area (Å²) in [6.07, 6.45) is 6.19. The topological polar surface area (TPSA) is 59.0 Å². The van der Waals surface area contributed by atoms with E-state index in [1.54, 1.807) is 36.4 Å². The fourth-order valence-electron chi connectivity index (χ4n) is 3.30. The largest absolute Gasteiger partial charge is 0.461 e. The van der Waals surface area contributed by atoms with E-state index in [-0.39, 0.29) is 18.5 Å². The molecule has 0 N–H and O–H groups in total. The van der Waals surface area contributed by atoms with Crippen molar-refractivity contribution in [3.8, 4) is 0 Å². The van der Waals surface area contributed by atoms with Crippen LogP contribution >= 0.6 is 0 Å². The number of ether oxygens (including phenoxy) is 1. The predicted molar refractivity (Wildman–Crippen MR) is 98.8 cm³/mol. The van der Waals surface area contributed by atoms with Crippen molar-refractivity contribution in [2.24, 2.45) is 10.4 Å². The molecule has 5 heteroatoms. The minimum Gasteiger partial charge on any atom is -0.461 e. The first-order chi connectivity index (χ1) is 12.1. The van der Waals surface area contributed by atoms with Crippen LogP contribution in [0.4, 0.5) is 0 Å². The number of amides is 1. The van der Waals surface area contributed by atoms with Crippen LogP contribution in [0.5, 0.6) is 0 Å². The van der Waals surface area contributed by atoms with Gasteiger partial charge < -0.3 is 14.6 Å². The Bertz CT molecular complexity index is 627. The zero-order valence-electron chi connectivity index (χ0n) is 14.8. The van der Waals surface area contributed by atoms with Gasteiger partial charge in [-0.15, -0.1) is 0 Å². The molecule has 0 aliphatic carbocycles. The van der Waals surface area contributed by atoms with Crippen LogP contribution in [0.25, 0.3) is 0 Å². The lowest BCUT2D eigenvalue weighted by molar-refractivity contribution is -0.158. The second-order valence-electron chi connectivity index (χ2n) is 6.34. The molecule has 1 aliphatic rings. The third-order valence-electron chi connectivity index (χ3n) is 4.58. The molecule has 1 fully saturated rings. The molecule has 0 bridgehead atoms. The van der Waals surface area contributed by atoms with Crippen LogP contribution in [-0.2, 0) is 9.53 Å². The molecule has 1 amide bonds. The van der Waals surface area contributed by atoms with E-state index >= 15 is 0 Å². The van der Waals surface area contributed by atoms with E-state index in [0.29, 0.717) is 31.5 Å². The highest BCUT2D eigenvalue weighted by Crippen LogP contribution is 2.36. The van der Waals surface area contributed by atoms with E-state index in [2.05, 4.69) is 11.6 Å². The molecule has 5 nitrogen and oxygen atoms in total. The summed E-state index contributed by atoms with van der Waals surface area (Å²) in [7, 11) is 1.72. The second kappa shape index (κ2) is 9.16. The van der Waals surface area contributed by atoms with Crippen molar-refractivity contribution in [1.29, 1.82) is 0 Å². The molecule has 1 aliphatic heterocycles. The summed E-state index contributed by atoms with van der Waals surface area (Å²) in [5.74, 6) is -0.284. The molecule has 1 aromatic carbocycles. The van der Waals surface area contributed by atoms with Crippen LogP contribution in [0.3, 0.4) is 0 Å². The molecule has 1 saturated heterocycles. The van der Waals surface area contributed by atoms with Gasteiger partial charge in [-0.1, -0.05) is 30.9 Å². The summed E-state index contributed by atoms with van der Waals surface area (Å²) >= 11 is 0. The van der Waals surface area contributed by atoms with Gasteiger partial charge in [0.05, 0.1) is 5.41 Å². The monoisotopic (exact) mass is 342 g/mol. The summed E-state index contributed by atoms with van der Waals surface area (Å²) in [5, 5.41) is 0. The van der Waals surface area contributed by atoms with Crippen LogP contribution in [0.1, 0.15) is 36.0 Å². The zero-order valence-corrected chi connectivity index (χ0v) is 14.8. The lowest BCUT2D eigenvalue weighted by atomic mass is 9.76. The molecule has 25 heavy (non-hydrogen) atoms. The van der Waals surface area contributed by atoms with Gasteiger partial charge in [0.25, 0.3) is 5.91 Å². The number of aliphatic imine (C=N–C) groups is 1. The highest BCUT2D eigenvalue weighted by Gasteiger charge is 2.44. The highest BCUT2D eigenvalue weighted by atomic mass is 16.5. The molecule has 0 saturated carbocycles. The standard InChI is InChI=1S/C20H26N2O3/c1-3-15-25-19(24)20(11-7-13-21-2)12-8-14-22(16-20)18(23)17-9-5-4-6-10-17/h3-6,9-10,13H,1,7-8,11-12,14-16H2,2H3/b21-13+. The average Bonchev–Trinajstić information content (AvgIpc) is 2.66. The Kier molecular flexibility index (Phi) is 6.92. The van der Waals surface area contributed by atoms with Crippen LogP contribution < -0.4 is 0 Å². The van der Waals surface area contributed by atoms with Crippen LogP contribution in [0.2, 0.25) is 0 Å². The number of piperidine rings is 1. The van der Waals surface area contributed by atoms with E-state index in [9.17, 15) is 9.59 Å². The van der Waals surface area contributed by atoms with Gasteiger partial charge in [0, 0.05) is 25.7 Å². The number of carbonyl (C=O) groups excluding carboxylic acids is 2. The zero-order chi connectivity index (χ0) is 18.1. The lowest BCUT2D eigenvalue weighted by Crippen LogP contribution is -2.50. The molecule has 134 valence electrons. The maximum Gasteiger partial charge on any atom is 0.314 e. The van der Waals surface area contributed by atoms with Gasteiger partial charge in [-0.25, -0.2) is 0 Å². The van der Waals surface area contributed by atoms with Crippen molar-refractivity contribution in [2.75, 3.05) is 26.7 Å². The molecular formula is C20H26N2O3. The van der Waals surface area contributed by atoms with Gasteiger partial charge in [-0.05, 0) is 44.0 Å². The second-order valence-corrected chi connectivity index (χ2v) is 6.34. The van der Waals surface area contributed by atoms with E-state index in [4.69, 9.17) is 4.74 Å². The van der Waals surface area contributed by atoms with Gasteiger partial charge in [0.15, 0.2) is 0 Å². The normalized spacial score (nSPS) is 20.4. The first kappa shape index (κ1) is 18.9. The summed E-state index contributed by atoms with van der Waals surface area (Å²) in [6.45, 7) is 4.83. The van der Waals surface area contributed by atoms with Crippen LogP contribution in [-0.4, -0.2) is 49.7 Å². The third kappa shape index (κ3) is 4.78. The Balaban J connectivity index is 2.18. The Morgan fingerprint density at radius 1 is 1.36 bits per heavy atom. The van der Waals surface area contributed by atoms with Crippen molar-refractivity contribution in [2.45, 2.75) is 25.7 Å². The molecule has 0 spiro atoms. The quantitative estimate of drug-likeness (QED) is 0.434. The van der Waals surface area contributed by atoms with Crippen molar-refractivity contribution in [1.82, 2.24) is 4.90 Å². The van der Waals surface area contributed by atoms with Crippen molar-refractivity contribution in [3.05, 3.63) is 48.6 Å². The highest BCUT2D eigenvalue weighted by molar-refractivity contribution is 5.94. The maximum atomic E-state index is 12.8. The number of hydrogen-bond donors (Lipinski definition) is 0. The summed E-state index contributed by atoms with van der Waals surface area (Å²) in [5.41, 5.74) is -0.0275. The number of benzene rings is 1. The van der Waals surface area contributed by atoms with Gasteiger partial charge in [0.2, 0.25) is 0 Å². The molecule has 1 heterocycles. The minimum absolute atomic E-state index is 0.0367. The number of likely N-dealkylation sites (tertiary alicyclic amines) is 1. The minimum atomic E-state index is -0.674. The number of rotatable bonds is 7. The van der Waals surface area contributed by atoms with Crippen molar-refractivity contribution < 1.29 is 14.3 Å². The first-order valence-corrected chi connectivity index (χ1v) is 8.66. The fraction of sp³-hybridized carbons (Fsp3) is 0.450. The average molecular weight is 342 g/mol. The van der Waals surface area contributed by atoms with Gasteiger partial charge in [-0.3, -0.25) is 9.59 Å².